The second kappa shape index (κ2) is 7.47. The van der Waals surface area contributed by atoms with Gasteiger partial charge in [-0.15, -0.1) is 0 Å². The van der Waals surface area contributed by atoms with Crippen molar-refractivity contribution in [3.05, 3.63) is 59.1 Å². The van der Waals surface area contributed by atoms with Gasteiger partial charge in [-0.05, 0) is 61.0 Å². The van der Waals surface area contributed by atoms with Crippen LogP contribution in [-0.4, -0.2) is 23.3 Å². The van der Waals surface area contributed by atoms with Gasteiger partial charge < -0.3 is 9.84 Å². The molecule has 0 saturated heterocycles. The number of nitrogens with one attached hydrogen (secondary N) is 1. The maximum Gasteiger partial charge on any atom is 0.277 e. The van der Waals surface area contributed by atoms with Crippen molar-refractivity contribution in [3.8, 4) is 11.5 Å². The van der Waals surface area contributed by atoms with E-state index < -0.39 is 0 Å². The molecule has 0 aliphatic rings. The molecular formula is C16H15ClN2O3. The van der Waals surface area contributed by atoms with Gasteiger partial charge in [-0.25, -0.2) is 5.43 Å². The van der Waals surface area contributed by atoms with Gasteiger partial charge in [-0.1, -0.05) is 11.6 Å². The fraction of sp³-hybridized carbons (Fsp3) is 0.125. The fourth-order valence-electron chi connectivity index (χ4n) is 1.63. The summed E-state index contributed by atoms with van der Waals surface area (Å²) in [6.45, 7) is 1.61. The van der Waals surface area contributed by atoms with Gasteiger partial charge in [0.25, 0.3) is 5.91 Å². The van der Waals surface area contributed by atoms with Gasteiger partial charge in [0.1, 0.15) is 11.5 Å². The number of hydrogen-bond acceptors (Lipinski definition) is 4. The first-order valence-corrected chi connectivity index (χ1v) is 6.93. The summed E-state index contributed by atoms with van der Waals surface area (Å²) in [7, 11) is 0. The van der Waals surface area contributed by atoms with Gasteiger partial charge in [0, 0.05) is 5.02 Å². The number of nitrogens with zero attached hydrogens (tertiary/aromatic N) is 1. The van der Waals surface area contributed by atoms with Gasteiger partial charge in [0.05, 0.1) is 5.71 Å². The highest BCUT2D eigenvalue weighted by Crippen LogP contribution is 2.15. The summed E-state index contributed by atoms with van der Waals surface area (Å²) in [5.74, 6) is 0.365. The minimum atomic E-state index is -0.368. The van der Waals surface area contributed by atoms with Crippen molar-refractivity contribution in [2.75, 3.05) is 6.61 Å². The van der Waals surface area contributed by atoms with E-state index in [2.05, 4.69) is 10.5 Å². The Hall–Kier alpha value is -2.53. The number of aromatic hydroxyl groups is 1. The fourth-order valence-corrected chi connectivity index (χ4v) is 1.75. The van der Waals surface area contributed by atoms with Gasteiger partial charge in [0.15, 0.2) is 6.61 Å². The maximum atomic E-state index is 11.7. The molecule has 0 aliphatic heterocycles. The number of benzene rings is 2. The molecule has 22 heavy (non-hydrogen) atoms. The first-order valence-electron chi connectivity index (χ1n) is 6.55. The molecule has 0 aliphatic carbocycles. The van der Waals surface area contributed by atoms with Gasteiger partial charge >= 0.3 is 0 Å². The SMILES string of the molecule is C/C(=N/NC(=O)COc1ccc(Cl)cc1)c1ccc(O)cc1. The highest BCUT2D eigenvalue weighted by Gasteiger charge is 2.03. The average Bonchev–Trinajstić information content (AvgIpc) is 2.52. The minimum absolute atomic E-state index is 0.145. The molecule has 0 fully saturated rings. The predicted molar refractivity (Wildman–Crippen MR) is 85.4 cm³/mol. The summed E-state index contributed by atoms with van der Waals surface area (Å²) in [5.41, 5.74) is 3.84. The Morgan fingerprint density at radius 2 is 1.82 bits per heavy atom. The van der Waals surface area contributed by atoms with Crippen LogP contribution in [0.2, 0.25) is 5.02 Å². The number of carbonyl (C=O) groups is 1. The summed E-state index contributed by atoms with van der Waals surface area (Å²) in [6.07, 6.45) is 0. The molecule has 2 rings (SSSR count). The molecule has 0 bridgehead atoms. The van der Waals surface area contributed by atoms with E-state index in [1.807, 2.05) is 0 Å². The van der Waals surface area contributed by atoms with Crippen molar-refractivity contribution in [1.82, 2.24) is 5.43 Å². The number of carbonyl (C=O) groups excluding carboxylic acids is 1. The van der Waals surface area contributed by atoms with E-state index >= 15 is 0 Å². The molecule has 0 aromatic heterocycles. The van der Waals surface area contributed by atoms with Crippen molar-refractivity contribution < 1.29 is 14.6 Å². The molecule has 0 saturated carbocycles. The van der Waals surface area contributed by atoms with Crippen molar-refractivity contribution in [2.45, 2.75) is 6.92 Å². The van der Waals surface area contributed by atoms with E-state index in [9.17, 15) is 9.90 Å². The van der Waals surface area contributed by atoms with Crippen molar-refractivity contribution in [2.24, 2.45) is 5.10 Å². The van der Waals surface area contributed by atoms with Gasteiger partial charge in [-0.3, -0.25) is 4.79 Å². The number of phenols is 1. The van der Waals surface area contributed by atoms with Crippen LogP contribution in [0.5, 0.6) is 11.5 Å². The monoisotopic (exact) mass is 318 g/mol. The van der Waals surface area contributed by atoms with Crippen LogP contribution < -0.4 is 10.2 Å². The standard InChI is InChI=1S/C16H15ClN2O3/c1-11(12-2-6-14(20)7-3-12)18-19-16(21)10-22-15-8-4-13(17)5-9-15/h2-9,20H,10H2,1H3,(H,19,21)/b18-11-. The maximum absolute atomic E-state index is 11.7. The largest absolute Gasteiger partial charge is 0.508 e. The van der Waals surface area contributed by atoms with Crippen LogP contribution in [0.3, 0.4) is 0 Å². The number of hydrogen-bond donors (Lipinski definition) is 2. The number of rotatable bonds is 5. The van der Waals surface area contributed by atoms with Crippen LogP contribution in [0.25, 0.3) is 0 Å². The summed E-state index contributed by atoms with van der Waals surface area (Å²) < 4.78 is 5.30. The lowest BCUT2D eigenvalue weighted by Crippen LogP contribution is -2.25. The Bertz CT molecular complexity index is 667. The van der Waals surface area contributed by atoms with Crippen molar-refractivity contribution >= 4 is 23.2 Å². The Kier molecular flexibility index (Phi) is 5.38. The Morgan fingerprint density at radius 1 is 1.18 bits per heavy atom. The molecular weight excluding hydrogens is 304 g/mol. The van der Waals surface area contributed by atoms with Crippen molar-refractivity contribution in [3.63, 3.8) is 0 Å². The van der Waals surface area contributed by atoms with Gasteiger partial charge in [0.2, 0.25) is 0 Å². The lowest BCUT2D eigenvalue weighted by Gasteiger charge is -2.06. The highest BCUT2D eigenvalue weighted by atomic mass is 35.5. The Labute approximate surface area is 133 Å². The molecule has 6 heteroatoms. The second-order valence-corrected chi connectivity index (χ2v) is 4.96. The number of hydrazone groups is 1. The molecule has 0 unspecified atom stereocenters. The first kappa shape index (κ1) is 15.9. The second-order valence-electron chi connectivity index (χ2n) is 4.52. The van der Waals surface area contributed by atoms with Crippen molar-refractivity contribution in [1.29, 1.82) is 0 Å². The summed E-state index contributed by atoms with van der Waals surface area (Å²) >= 11 is 5.76. The molecule has 1 amide bonds. The molecule has 2 aromatic carbocycles. The number of phenolic OH excluding ortho intramolecular Hbond substituents is 1. The van der Waals surface area contributed by atoms with E-state index in [-0.39, 0.29) is 18.3 Å². The Morgan fingerprint density at radius 3 is 2.45 bits per heavy atom. The van der Waals surface area contributed by atoms with Crippen LogP contribution in [0.4, 0.5) is 0 Å². The molecule has 0 atom stereocenters. The average molecular weight is 319 g/mol. The van der Waals surface area contributed by atoms with E-state index in [1.165, 1.54) is 0 Å². The van der Waals surface area contributed by atoms with Crippen LogP contribution >= 0.6 is 11.6 Å². The zero-order valence-electron chi connectivity index (χ0n) is 11.9. The lowest BCUT2D eigenvalue weighted by atomic mass is 10.1. The molecule has 0 spiro atoms. The molecule has 0 radical (unpaired) electrons. The zero-order chi connectivity index (χ0) is 15.9. The predicted octanol–water partition coefficient (Wildman–Crippen LogP) is 2.96. The zero-order valence-corrected chi connectivity index (χ0v) is 12.7. The minimum Gasteiger partial charge on any atom is -0.508 e. The topological polar surface area (TPSA) is 70.9 Å². The van der Waals surface area contributed by atoms with Crippen LogP contribution in [-0.2, 0) is 4.79 Å². The number of ether oxygens (including phenoxy) is 1. The quantitative estimate of drug-likeness (QED) is 0.657. The number of halogens is 1. The first-order chi connectivity index (χ1) is 10.5. The van der Waals surface area contributed by atoms with E-state index in [1.54, 1.807) is 55.5 Å². The molecule has 5 nitrogen and oxygen atoms in total. The van der Waals surface area contributed by atoms with Crippen LogP contribution in [0.1, 0.15) is 12.5 Å². The molecule has 0 heterocycles. The third kappa shape index (κ3) is 4.79. The third-order valence-corrected chi connectivity index (χ3v) is 3.07. The molecule has 114 valence electrons. The molecule has 2 aromatic rings. The van der Waals surface area contributed by atoms with Gasteiger partial charge in [-0.2, -0.15) is 5.10 Å². The lowest BCUT2D eigenvalue weighted by molar-refractivity contribution is -0.123. The Balaban J connectivity index is 1.85. The van der Waals surface area contributed by atoms with E-state index in [0.717, 1.165) is 5.56 Å². The van der Waals surface area contributed by atoms with E-state index in [4.69, 9.17) is 16.3 Å². The van der Waals surface area contributed by atoms with E-state index in [0.29, 0.717) is 16.5 Å². The normalized spacial score (nSPS) is 11.1. The number of amides is 1. The van der Waals surface area contributed by atoms with Crippen LogP contribution in [0.15, 0.2) is 53.6 Å². The molecule has 2 N–H and O–H groups in total. The smallest absolute Gasteiger partial charge is 0.277 e. The summed E-state index contributed by atoms with van der Waals surface area (Å²) in [4.78, 5) is 11.7. The summed E-state index contributed by atoms with van der Waals surface area (Å²) in [5, 5.41) is 13.8. The third-order valence-electron chi connectivity index (χ3n) is 2.82. The summed E-state index contributed by atoms with van der Waals surface area (Å²) in [6, 6.07) is 13.3. The van der Waals surface area contributed by atoms with Crippen LogP contribution in [0, 0.1) is 0 Å². The highest BCUT2D eigenvalue weighted by molar-refractivity contribution is 6.30.